The van der Waals surface area contributed by atoms with Crippen LogP contribution in [-0.2, 0) is 33.0 Å². The Hall–Kier alpha value is -3.88. The molecule has 9 heteroatoms. The predicted molar refractivity (Wildman–Crippen MR) is 164 cm³/mol. The van der Waals surface area contributed by atoms with Crippen molar-refractivity contribution < 1.29 is 19.0 Å². The van der Waals surface area contributed by atoms with Crippen LogP contribution in [0.5, 0.6) is 5.75 Å². The van der Waals surface area contributed by atoms with E-state index in [1.807, 2.05) is 46.6 Å². The molecule has 1 aliphatic heterocycles. The average molecular weight is 589 g/mol. The summed E-state index contributed by atoms with van der Waals surface area (Å²) >= 11 is 6.97. The average Bonchev–Trinajstić information content (AvgIpc) is 3.43. The number of hydrogen-bond acceptors (Lipinski definition) is 4. The number of ether oxygens (including phenoxy) is 1. The molecule has 0 spiro atoms. The van der Waals surface area contributed by atoms with Crippen molar-refractivity contribution in [3.05, 3.63) is 82.0 Å². The Morgan fingerprint density at radius 1 is 1.10 bits per heavy atom. The highest BCUT2D eigenvalue weighted by Crippen LogP contribution is 2.43. The fourth-order valence-electron chi connectivity index (χ4n) is 6.49. The van der Waals surface area contributed by atoms with E-state index in [0.29, 0.717) is 49.0 Å². The molecule has 0 unspecified atom stereocenters. The smallest absolute Gasteiger partial charge is 0.352 e. The third-order valence-corrected chi connectivity index (χ3v) is 8.59. The van der Waals surface area contributed by atoms with Crippen molar-refractivity contribution in [2.45, 2.75) is 45.7 Å². The lowest BCUT2D eigenvalue weighted by atomic mass is 9.96. The first-order chi connectivity index (χ1) is 20.3. The number of carboxylic acid groups (broad SMARTS) is 1. The van der Waals surface area contributed by atoms with Crippen LogP contribution in [0.25, 0.3) is 32.8 Å². The normalized spacial score (nSPS) is 13.9. The molecule has 1 N–H and O–H groups in total. The number of aromatic nitrogens is 3. The summed E-state index contributed by atoms with van der Waals surface area (Å²) in [4.78, 5) is 15.1. The lowest BCUT2D eigenvalue weighted by Crippen LogP contribution is -2.22. The summed E-state index contributed by atoms with van der Waals surface area (Å²) in [6.07, 6.45) is 2.69. The molecule has 0 aliphatic carbocycles. The Balaban J connectivity index is 1.42. The Labute approximate surface area is 249 Å². The number of halogens is 2. The van der Waals surface area contributed by atoms with Gasteiger partial charge in [0, 0.05) is 47.7 Å². The molecular formula is C33H34ClFN4O3. The maximum atomic E-state index is 13.7. The third kappa shape index (κ3) is 4.92. The van der Waals surface area contributed by atoms with Crippen molar-refractivity contribution in [3.63, 3.8) is 0 Å². The van der Waals surface area contributed by atoms with E-state index in [0.717, 1.165) is 69.1 Å². The summed E-state index contributed by atoms with van der Waals surface area (Å²) in [6.45, 7) is 4.56. The van der Waals surface area contributed by atoms with E-state index < -0.39 is 5.97 Å². The highest BCUT2D eigenvalue weighted by Gasteiger charge is 2.29. The quantitative estimate of drug-likeness (QED) is 0.205. The van der Waals surface area contributed by atoms with Crippen molar-refractivity contribution in [2.24, 2.45) is 7.05 Å². The number of benzene rings is 3. The molecule has 0 fully saturated rings. The summed E-state index contributed by atoms with van der Waals surface area (Å²) in [7, 11) is 4.03. The van der Waals surface area contributed by atoms with Gasteiger partial charge in [0.15, 0.2) is 0 Å². The molecule has 5 aromatic rings. The second-order valence-electron chi connectivity index (χ2n) is 11.0. The molecule has 2 aromatic heterocycles. The van der Waals surface area contributed by atoms with E-state index in [2.05, 4.69) is 18.9 Å². The van der Waals surface area contributed by atoms with Gasteiger partial charge in [-0.3, -0.25) is 4.68 Å². The van der Waals surface area contributed by atoms with Crippen LogP contribution in [0, 0.1) is 5.82 Å². The van der Waals surface area contributed by atoms with Crippen LogP contribution in [-0.4, -0.2) is 50.5 Å². The summed E-state index contributed by atoms with van der Waals surface area (Å²) in [5.74, 6) is -0.558. The zero-order valence-electron chi connectivity index (χ0n) is 24.1. The summed E-state index contributed by atoms with van der Waals surface area (Å²) < 4.78 is 23.7. The molecule has 3 heterocycles. The van der Waals surface area contributed by atoms with E-state index >= 15 is 0 Å². The third-order valence-electron chi connectivity index (χ3n) is 8.28. The summed E-state index contributed by atoms with van der Waals surface area (Å²) in [5, 5.41) is 18.5. The minimum Gasteiger partial charge on any atom is -0.493 e. The Morgan fingerprint density at radius 2 is 1.90 bits per heavy atom. The standard InChI is InChI=1S/C33H34ClFN4O3/c1-4-27-30-26(36-38(27)3)19-37(2)15-7-16-39-31-24(13-14-25(34)29(30)31)23(32(39)33(40)41)9-6-17-42-28-10-5-8-20-18-21(35)11-12-22(20)28/h5,8,10-14,18H,4,6-7,9,15-17,19H2,1-3H3,(H,40,41). The molecule has 0 radical (unpaired) electrons. The fraction of sp³-hybridized carbons (Fsp3) is 0.333. The van der Waals surface area contributed by atoms with Gasteiger partial charge in [-0.25, -0.2) is 9.18 Å². The predicted octanol–water partition coefficient (Wildman–Crippen LogP) is 7.10. The van der Waals surface area contributed by atoms with Gasteiger partial charge in [-0.2, -0.15) is 5.10 Å². The zero-order valence-corrected chi connectivity index (χ0v) is 24.8. The zero-order chi connectivity index (χ0) is 29.5. The van der Waals surface area contributed by atoms with Crippen molar-refractivity contribution in [1.82, 2.24) is 19.2 Å². The van der Waals surface area contributed by atoms with Gasteiger partial charge in [-0.15, -0.1) is 0 Å². The van der Waals surface area contributed by atoms with Gasteiger partial charge in [0.2, 0.25) is 0 Å². The Morgan fingerprint density at radius 3 is 2.69 bits per heavy atom. The van der Waals surface area contributed by atoms with Gasteiger partial charge in [-0.1, -0.05) is 36.7 Å². The molecule has 3 aromatic carbocycles. The number of nitrogens with zero attached hydrogens (tertiary/aromatic N) is 4. The van der Waals surface area contributed by atoms with E-state index in [1.165, 1.54) is 12.1 Å². The van der Waals surface area contributed by atoms with Gasteiger partial charge in [0.1, 0.15) is 17.3 Å². The highest BCUT2D eigenvalue weighted by atomic mass is 35.5. The minimum atomic E-state index is -0.951. The summed E-state index contributed by atoms with van der Waals surface area (Å²) in [5.41, 5.74) is 5.83. The monoisotopic (exact) mass is 588 g/mol. The number of carboxylic acids is 1. The largest absolute Gasteiger partial charge is 0.493 e. The Kier molecular flexibility index (Phi) is 7.68. The van der Waals surface area contributed by atoms with E-state index in [4.69, 9.17) is 21.4 Å². The van der Waals surface area contributed by atoms with E-state index in [1.54, 1.807) is 6.07 Å². The number of carbonyl (C=O) groups is 1. The van der Waals surface area contributed by atoms with Crippen LogP contribution < -0.4 is 4.74 Å². The molecule has 0 bridgehead atoms. The van der Waals surface area contributed by atoms with Crippen LogP contribution in [0.4, 0.5) is 4.39 Å². The van der Waals surface area contributed by atoms with Gasteiger partial charge < -0.3 is 19.3 Å². The van der Waals surface area contributed by atoms with Crippen molar-refractivity contribution in [2.75, 3.05) is 20.2 Å². The second kappa shape index (κ2) is 11.4. The number of fused-ring (bicyclic) bond motifs is 3. The van der Waals surface area contributed by atoms with E-state index in [-0.39, 0.29) is 5.82 Å². The first-order valence-electron chi connectivity index (χ1n) is 14.4. The molecular weight excluding hydrogens is 555 g/mol. The minimum absolute atomic E-state index is 0.289. The fourth-order valence-corrected chi connectivity index (χ4v) is 6.74. The van der Waals surface area contributed by atoms with Gasteiger partial charge in [-0.05, 0) is 80.6 Å². The van der Waals surface area contributed by atoms with Gasteiger partial charge in [0.05, 0.1) is 22.8 Å². The van der Waals surface area contributed by atoms with Gasteiger partial charge in [0.25, 0.3) is 0 Å². The molecule has 0 atom stereocenters. The van der Waals surface area contributed by atoms with Crippen LogP contribution in [0.1, 0.15) is 47.2 Å². The topological polar surface area (TPSA) is 72.5 Å². The van der Waals surface area contributed by atoms with Crippen LogP contribution >= 0.6 is 11.6 Å². The molecule has 0 saturated heterocycles. The molecule has 1 aliphatic rings. The second-order valence-corrected chi connectivity index (χ2v) is 11.4. The Bertz CT molecular complexity index is 1830. The van der Waals surface area contributed by atoms with Crippen LogP contribution in [0.3, 0.4) is 0 Å². The maximum Gasteiger partial charge on any atom is 0.352 e. The lowest BCUT2D eigenvalue weighted by molar-refractivity contribution is 0.0684. The first kappa shape index (κ1) is 28.2. The van der Waals surface area contributed by atoms with E-state index in [9.17, 15) is 14.3 Å². The van der Waals surface area contributed by atoms with Crippen molar-refractivity contribution >= 4 is 39.2 Å². The SMILES string of the molecule is CCc1c2c(nn1C)CN(C)CCCn1c(C(=O)O)c(CCCOc3cccc4cc(F)ccc34)c3ccc(Cl)c-2c31. The van der Waals surface area contributed by atoms with Gasteiger partial charge >= 0.3 is 5.97 Å². The highest BCUT2D eigenvalue weighted by molar-refractivity contribution is 6.35. The number of aryl methyl sites for hydroxylation is 3. The van der Waals surface area contributed by atoms with Crippen molar-refractivity contribution in [1.29, 1.82) is 0 Å². The molecule has 42 heavy (non-hydrogen) atoms. The van der Waals surface area contributed by atoms with Crippen LogP contribution in [0.15, 0.2) is 48.5 Å². The van der Waals surface area contributed by atoms with Crippen molar-refractivity contribution in [3.8, 4) is 16.9 Å². The van der Waals surface area contributed by atoms with Crippen LogP contribution in [0.2, 0.25) is 5.02 Å². The first-order valence-corrected chi connectivity index (χ1v) is 14.8. The molecule has 0 amide bonds. The molecule has 7 nitrogen and oxygen atoms in total. The number of rotatable bonds is 7. The number of aromatic carboxylic acids is 1. The maximum absolute atomic E-state index is 13.7. The summed E-state index contributed by atoms with van der Waals surface area (Å²) in [6, 6.07) is 14.1. The number of hydrogen-bond donors (Lipinski definition) is 1. The lowest BCUT2D eigenvalue weighted by Gasteiger charge is -2.21. The molecule has 0 saturated carbocycles. The molecule has 218 valence electrons. The molecule has 6 rings (SSSR count).